The van der Waals surface area contributed by atoms with E-state index in [9.17, 15) is 0 Å². The molecule has 102 valence electrons. The van der Waals surface area contributed by atoms with Crippen molar-refractivity contribution in [3.63, 3.8) is 0 Å². The van der Waals surface area contributed by atoms with Crippen molar-refractivity contribution in [1.82, 2.24) is 4.57 Å². The molecule has 0 N–H and O–H groups in total. The average molecular weight is 265 g/mol. The molecule has 0 saturated heterocycles. The van der Waals surface area contributed by atoms with Crippen LogP contribution in [-0.2, 0) is 13.5 Å². The summed E-state index contributed by atoms with van der Waals surface area (Å²) in [5.41, 5.74) is 5.02. The van der Waals surface area contributed by atoms with E-state index in [0.29, 0.717) is 0 Å². The van der Waals surface area contributed by atoms with Gasteiger partial charge in [-0.05, 0) is 30.2 Å². The topological polar surface area (TPSA) is 18.1 Å². The molecule has 0 aliphatic rings. The summed E-state index contributed by atoms with van der Waals surface area (Å²) < 4.78 is 7.89. The fraction of sp³-hybridized carbons (Fsp3) is 0.222. The Morgan fingerprint density at radius 1 is 1.05 bits per heavy atom. The molecule has 2 nitrogen and oxygen atoms in total. The highest BCUT2D eigenvalue weighted by atomic mass is 16.3. The van der Waals surface area contributed by atoms with Gasteiger partial charge in [0.2, 0.25) is 0 Å². The van der Waals surface area contributed by atoms with Gasteiger partial charge in [0, 0.05) is 24.0 Å². The Morgan fingerprint density at radius 2 is 1.85 bits per heavy atom. The number of nitrogens with zero attached hydrogens (tertiary/aromatic N) is 1. The van der Waals surface area contributed by atoms with Gasteiger partial charge in [-0.1, -0.05) is 43.7 Å². The third kappa shape index (κ3) is 2.18. The van der Waals surface area contributed by atoms with Crippen molar-refractivity contribution in [1.29, 1.82) is 0 Å². The van der Waals surface area contributed by atoms with Crippen molar-refractivity contribution in [3.05, 3.63) is 60.5 Å². The van der Waals surface area contributed by atoms with Crippen LogP contribution in [0.1, 0.15) is 19.0 Å². The second-order valence-corrected chi connectivity index (χ2v) is 5.04. The van der Waals surface area contributed by atoms with Crippen molar-refractivity contribution in [2.45, 2.75) is 19.8 Å². The maximum absolute atomic E-state index is 5.60. The van der Waals surface area contributed by atoms with E-state index in [1.54, 1.807) is 6.26 Å². The van der Waals surface area contributed by atoms with Gasteiger partial charge in [-0.3, -0.25) is 0 Å². The number of aromatic nitrogens is 1. The molecule has 0 aliphatic heterocycles. The lowest BCUT2D eigenvalue weighted by molar-refractivity contribution is 0.581. The average Bonchev–Trinajstić information content (AvgIpc) is 3.10. The summed E-state index contributed by atoms with van der Waals surface area (Å²) in [7, 11) is 2.14. The maximum atomic E-state index is 5.60. The molecule has 0 unspecified atom stereocenters. The molecule has 0 radical (unpaired) electrons. The third-order valence-electron chi connectivity index (χ3n) is 3.70. The first-order chi connectivity index (χ1) is 9.81. The molecule has 0 aliphatic carbocycles. The number of benzene rings is 1. The normalized spacial score (nSPS) is 10.9. The Bertz CT molecular complexity index is 678. The molecule has 1 aromatic carbocycles. The van der Waals surface area contributed by atoms with Gasteiger partial charge in [0.15, 0.2) is 0 Å². The lowest BCUT2D eigenvalue weighted by atomic mass is 10.1. The highest BCUT2D eigenvalue weighted by Gasteiger charge is 2.16. The lowest BCUT2D eigenvalue weighted by Gasteiger charge is -2.08. The molecule has 0 saturated carbocycles. The van der Waals surface area contributed by atoms with Crippen LogP contribution in [0.15, 0.2) is 59.2 Å². The summed E-state index contributed by atoms with van der Waals surface area (Å²) in [6.07, 6.45) is 3.92. The van der Waals surface area contributed by atoms with Crippen LogP contribution in [0.2, 0.25) is 0 Å². The lowest BCUT2D eigenvalue weighted by Crippen LogP contribution is -1.99. The Morgan fingerprint density at radius 3 is 2.50 bits per heavy atom. The van der Waals surface area contributed by atoms with Gasteiger partial charge in [-0.15, -0.1) is 0 Å². The Kier molecular flexibility index (Phi) is 3.46. The molecule has 2 heteroatoms. The van der Waals surface area contributed by atoms with Gasteiger partial charge in [-0.25, -0.2) is 0 Å². The molecule has 2 heterocycles. The molecular formula is C18H19NO. The summed E-state index contributed by atoms with van der Waals surface area (Å²) in [6, 6.07) is 16.7. The standard InChI is InChI=1S/C18H19NO/c1-3-8-16-15(18-11-7-12-20-18)13-17(19(16)2)14-9-5-4-6-10-14/h4-7,9-13H,3,8H2,1-2H3. The van der Waals surface area contributed by atoms with Gasteiger partial charge >= 0.3 is 0 Å². The summed E-state index contributed by atoms with van der Waals surface area (Å²) in [5.74, 6) is 0.950. The molecule has 0 amide bonds. The zero-order chi connectivity index (χ0) is 13.9. The second kappa shape index (κ2) is 5.41. The molecule has 3 aromatic rings. The number of hydrogen-bond donors (Lipinski definition) is 0. The van der Waals surface area contributed by atoms with Gasteiger partial charge in [0.1, 0.15) is 5.76 Å². The Labute approximate surface area is 119 Å². The van der Waals surface area contributed by atoms with E-state index in [2.05, 4.69) is 48.9 Å². The fourth-order valence-electron chi connectivity index (χ4n) is 2.71. The van der Waals surface area contributed by atoms with Crippen LogP contribution < -0.4 is 0 Å². The Balaban J connectivity index is 2.16. The predicted octanol–water partition coefficient (Wildman–Crippen LogP) is 4.90. The minimum Gasteiger partial charge on any atom is -0.464 e. The Hall–Kier alpha value is -2.22. The molecule has 20 heavy (non-hydrogen) atoms. The first kappa shape index (κ1) is 12.8. The maximum Gasteiger partial charge on any atom is 0.135 e. The fourth-order valence-corrected chi connectivity index (χ4v) is 2.71. The minimum absolute atomic E-state index is 0.950. The van der Waals surface area contributed by atoms with E-state index in [1.807, 2.05) is 18.2 Å². The highest BCUT2D eigenvalue weighted by Crippen LogP contribution is 2.33. The van der Waals surface area contributed by atoms with Crippen LogP contribution in [0.25, 0.3) is 22.6 Å². The molecular weight excluding hydrogens is 246 g/mol. The van der Waals surface area contributed by atoms with Gasteiger partial charge in [0.25, 0.3) is 0 Å². The summed E-state index contributed by atoms with van der Waals surface area (Å²) in [4.78, 5) is 0. The minimum atomic E-state index is 0.950. The predicted molar refractivity (Wildman–Crippen MR) is 82.5 cm³/mol. The van der Waals surface area contributed by atoms with E-state index in [0.717, 1.165) is 18.6 Å². The smallest absolute Gasteiger partial charge is 0.135 e. The van der Waals surface area contributed by atoms with Crippen molar-refractivity contribution in [2.24, 2.45) is 7.05 Å². The van der Waals surface area contributed by atoms with Crippen LogP contribution in [-0.4, -0.2) is 4.57 Å². The SMILES string of the molecule is CCCc1c(-c2ccco2)cc(-c2ccccc2)n1C. The number of hydrogen-bond acceptors (Lipinski definition) is 1. The first-order valence-corrected chi connectivity index (χ1v) is 7.09. The zero-order valence-corrected chi connectivity index (χ0v) is 12.0. The quantitative estimate of drug-likeness (QED) is 0.656. The summed E-state index contributed by atoms with van der Waals surface area (Å²) in [5, 5.41) is 0. The van der Waals surface area contributed by atoms with Gasteiger partial charge in [-0.2, -0.15) is 0 Å². The third-order valence-corrected chi connectivity index (χ3v) is 3.70. The second-order valence-electron chi connectivity index (χ2n) is 5.04. The van der Waals surface area contributed by atoms with Crippen LogP contribution >= 0.6 is 0 Å². The van der Waals surface area contributed by atoms with Crippen LogP contribution in [0, 0.1) is 0 Å². The van der Waals surface area contributed by atoms with E-state index in [-0.39, 0.29) is 0 Å². The van der Waals surface area contributed by atoms with Crippen molar-refractivity contribution in [2.75, 3.05) is 0 Å². The monoisotopic (exact) mass is 265 g/mol. The number of rotatable bonds is 4. The highest BCUT2D eigenvalue weighted by molar-refractivity contribution is 5.72. The van der Waals surface area contributed by atoms with E-state index >= 15 is 0 Å². The van der Waals surface area contributed by atoms with Crippen LogP contribution in [0.4, 0.5) is 0 Å². The molecule has 0 bridgehead atoms. The molecule has 0 spiro atoms. The van der Waals surface area contributed by atoms with Gasteiger partial charge in [0.05, 0.1) is 6.26 Å². The van der Waals surface area contributed by atoms with Crippen molar-refractivity contribution < 1.29 is 4.42 Å². The molecule has 0 fully saturated rings. The van der Waals surface area contributed by atoms with E-state index in [1.165, 1.54) is 22.5 Å². The largest absolute Gasteiger partial charge is 0.464 e. The van der Waals surface area contributed by atoms with Crippen molar-refractivity contribution in [3.8, 4) is 22.6 Å². The van der Waals surface area contributed by atoms with Gasteiger partial charge < -0.3 is 8.98 Å². The van der Waals surface area contributed by atoms with Crippen molar-refractivity contribution >= 4 is 0 Å². The van der Waals surface area contributed by atoms with Crippen LogP contribution in [0.5, 0.6) is 0 Å². The zero-order valence-electron chi connectivity index (χ0n) is 12.0. The summed E-state index contributed by atoms with van der Waals surface area (Å²) >= 11 is 0. The van der Waals surface area contributed by atoms with E-state index < -0.39 is 0 Å². The molecule has 2 aromatic heterocycles. The molecule has 0 atom stereocenters. The summed E-state index contributed by atoms with van der Waals surface area (Å²) in [6.45, 7) is 2.21. The first-order valence-electron chi connectivity index (χ1n) is 7.09. The van der Waals surface area contributed by atoms with Crippen LogP contribution in [0.3, 0.4) is 0 Å². The number of furan rings is 1. The molecule has 3 rings (SSSR count). The van der Waals surface area contributed by atoms with E-state index in [4.69, 9.17) is 4.42 Å².